The van der Waals surface area contributed by atoms with Crippen molar-refractivity contribution in [3.63, 3.8) is 0 Å². The molecule has 1 spiro atoms. The number of aliphatic hydroxyl groups excluding tert-OH is 1. The summed E-state index contributed by atoms with van der Waals surface area (Å²) >= 11 is 0. The summed E-state index contributed by atoms with van der Waals surface area (Å²) in [6, 6.07) is 24.6. The maximum atomic E-state index is 14.8. The van der Waals surface area contributed by atoms with Crippen molar-refractivity contribution in [1.29, 1.82) is 0 Å². The van der Waals surface area contributed by atoms with Crippen LogP contribution in [0.3, 0.4) is 0 Å². The number of ether oxygens (including phenoxy) is 1. The molecular formula is C35H41N3O6Si. The van der Waals surface area contributed by atoms with Crippen molar-refractivity contribution < 1.29 is 29.0 Å². The van der Waals surface area contributed by atoms with E-state index in [9.17, 15) is 24.3 Å². The third-order valence-corrected chi connectivity index (χ3v) is 12.1. The lowest BCUT2D eigenvalue weighted by Crippen LogP contribution is -2.45. The Labute approximate surface area is 265 Å². The van der Waals surface area contributed by atoms with Gasteiger partial charge in [-0.3, -0.25) is 19.3 Å². The van der Waals surface area contributed by atoms with E-state index in [1.54, 1.807) is 14.7 Å². The maximum absolute atomic E-state index is 14.8. The molecule has 2 fully saturated rings. The van der Waals surface area contributed by atoms with E-state index in [4.69, 9.17) is 4.74 Å². The topological polar surface area (TPSA) is 111 Å². The van der Waals surface area contributed by atoms with Gasteiger partial charge < -0.3 is 24.4 Å². The second-order valence-corrected chi connectivity index (χ2v) is 16.9. The maximum Gasteiger partial charge on any atom is 0.268 e. The molecule has 3 aliphatic heterocycles. The molecule has 3 heterocycles. The van der Waals surface area contributed by atoms with Crippen LogP contribution >= 0.6 is 0 Å². The average Bonchev–Trinajstić information content (AvgIpc) is 3.65. The zero-order chi connectivity index (χ0) is 31.9. The van der Waals surface area contributed by atoms with E-state index in [1.807, 2.05) is 98.9 Å². The van der Waals surface area contributed by atoms with E-state index in [0.717, 1.165) is 12.0 Å². The largest absolute Gasteiger partial charge is 0.432 e. The fourth-order valence-electron chi connectivity index (χ4n) is 7.63. The summed E-state index contributed by atoms with van der Waals surface area (Å²) in [5, 5.41) is 9.79. The van der Waals surface area contributed by atoms with E-state index in [1.165, 1.54) is 0 Å². The van der Waals surface area contributed by atoms with E-state index in [2.05, 4.69) is 0 Å². The van der Waals surface area contributed by atoms with Crippen LogP contribution in [0, 0.1) is 5.92 Å². The van der Waals surface area contributed by atoms with Crippen molar-refractivity contribution in [3.8, 4) is 0 Å². The number of anilines is 3. The first-order chi connectivity index (χ1) is 21.6. The Morgan fingerprint density at radius 1 is 1.02 bits per heavy atom. The Kier molecular flexibility index (Phi) is 8.42. The van der Waals surface area contributed by atoms with Gasteiger partial charge >= 0.3 is 0 Å². The van der Waals surface area contributed by atoms with Crippen LogP contribution in [0.25, 0.3) is 0 Å². The van der Waals surface area contributed by atoms with Crippen LogP contribution in [0.15, 0.2) is 78.9 Å². The first kappa shape index (κ1) is 31.2. The van der Waals surface area contributed by atoms with Crippen LogP contribution in [0.1, 0.15) is 37.3 Å². The molecule has 10 heteroatoms. The van der Waals surface area contributed by atoms with Gasteiger partial charge in [0.25, 0.3) is 5.91 Å². The zero-order valence-electron chi connectivity index (χ0n) is 26.1. The van der Waals surface area contributed by atoms with Gasteiger partial charge in [-0.25, -0.2) is 0 Å². The molecule has 9 nitrogen and oxygen atoms in total. The van der Waals surface area contributed by atoms with Gasteiger partial charge in [0, 0.05) is 54.5 Å². The van der Waals surface area contributed by atoms with E-state index >= 15 is 0 Å². The highest BCUT2D eigenvalue weighted by Gasteiger charge is 2.66. The van der Waals surface area contributed by atoms with Crippen LogP contribution in [0.4, 0.5) is 17.1 Å². The van der Waals surface area contributed by atoms with Crippen LogP contribution in [-0.4, -0.2) is 66.6 Å². The molecule has 0 unspecified atom stereocenters. The van der Waals surface area contributed by atoms with E-state index in [0.29, 0.717) is 42.1 Å². The van der Waals surface area contributed by atoms with Crippen LogP contribution in [0.2, 0.25) is 18.6 Å². The molecular weight excluding hydrogens is 586 g/mol. The molecule has 6 rings (SSSR count). The van der Waals surface area contributed by atoms with Crippen molar-refractivity contribution in [1.82, 2.24) is 4.90 Å². The number of carbonyl (C=O) groups excluding carboxylic acids is 3. The molecule has 45 heavy (non-hydrogen) atoms. The summed E-state index contributed by atoms with van der Waals surface area (Å²) in [7, 11) is -3.02. The van der Waals surface area contributed by atoms with Crippen molar-refractivity contribution >= 4 is 43.1 Å². The highest BCUT2D eigenvalue weighted by molar-refractivity contribution is 6.71. The van der Waals surface area contributed by atoms with Crippen LogP contribution < -0.4 is 9.80 Å². The van der Waals surface area contributed by atoms with Gasteiger partial charge in [-0.05, 0) is 55.4 Å². The van der Waals surface area contributed by atoms with Crippen LogP contribution in [0.5, 0.6) is 0 Å². The van der Waals surface area contributed by atoms with Crippen molar-refractivity contribution in [2.75, 3.05) is 29.5 Å². The number of fused-ring (bicyclic) bond motifs is 2. The first-order valence-corrected chi connectivity index (χ1v) is 18.8. The fraction of sp³-hybridized carbons (Fsp3) is 0.400. The molecule has 0 bridgehead atoms. The van der Waals surface area contributed by atoms with Gasteiger partial charge in [0.05, 0.1) is 24.8 Å². The highest BCUT2D eigenvalue weighted by atomic mass is 28.4. The third-order valence-electron chi connectivity index (χ3n) is 9.59. The summed E-state index contributed by atoms with van der Waals surface area (Å²) in [5.74, 6) is -0.906. The minimum Gasteiger partial charge on any atom is -0.432 e. The lowest BCUT2D eigenvalue weighted by Gasteiger charge is -2.33. The first-order valence-electron chi connectivity index (χ1n) is 15.7. The Balaban J connectivity index is 1.42. The molecule has 2 N–H and O–H groups in total. The number of nitrogens with zero attached hydrogens (tertiary/aromatic N) is 3. The number of carbonyl (C=O) groups is 3. The van der Waals surface area contributed by atoms with Crippen molar-refractivity contribution in [2.45, 2.75) is 63.1 Å². The van der Waals surface area contributed by atoms with E-state index < -0.39 is 31.5 Å². The van der Waals surface area contributed by atoms with Gasteiger partial charge in [0.1, 0.15) is 0 Å². The smallest absolute Gasteiger partial charge is 0.268 e. The molecule has 3 aromatic carbocycles. The quantitative estimate of drug-likeness (QED) is 0.333. The Bertz CT molecular complexity index is 1580. The summed E-state index contributed by atoms with van der Waals surface area (Å²) in [5.41, 5.74) is 1.75. The number of rotatable bonds is 9. The molecule has 236 valence electrons. The molecule has 0 aromatic heterocycles. The monoisotopic (exact) mass is 627 g/mol. The summed E-state index contributed by atoms with van der Waals surface area (Å²) in [6.07, 6.45) is 0.473. The lowest BCUT2D eigenvalue weighted by molar-refractivity contribution is -0.149. The van der Waals surface area contributed by atoms with Gasteiger partial charge in [0.15, 0.2) is 13.9 Å². The zero-order valence-corrected chi connectivity index (χ0v) is 27.1. The Morgan fingerprint density at radius 3 is 2.33 bits per heavy atom. The molecule has 0 saturated carbocycles. The lowest BCUT2D eigenvalue weighted by atomic mass is 9.82. The molecule has 0 aliphatic carbocycles. The molecule has 3 aliphatic rings. The molecule has 3 amide bonds. The summed E-state index contributed by atoms with van der Waals surface area (Å²) in [4.78, 5) is 58.1. The normalized spacial score (nSPS) is 24.5. The number of benzene rings is 3. The second-order valence-electron chi connectivity index (χ2n) is 12.9. The molecule has 0 radical (unpaired) electrons. The highest BCUT2D eigenvalue weighted by Crippen LogP contribution is 2.61. The van der Waals surface area contributed by atoms with Crippen molar-refractivity contribution in [2.24, 2.45) is 5.92 Å². The van der Waals surface area contributed by atoms with Gasteiger partial charge in [-0.1, -0.05) is 55.5 Å². The van der Waals surface area contributed by atoms with Gasteiger partial charge in [-0.15, -0.1) is 0 Å². The Hall–Kier alpha value is -3.83. The van der Waals surface area contributed by atoms with E-state index in [-0.39, 0.29) is 37.3 Å². The number of hydrogen-bond donors (Lipinski definition) is 2. The van der Waals surface area contributed by atoms with Gasteiger partial charge in [-0.2, -0.15) is 0 Å². The molecule has 3 aromatic rings. The number of para-hydroxylation sites is 1. The molecule has 4 atom stereocenters. The standard InChI is InChI=1S/C35H41N3O6Si/c1-24-33(45(2,3)43)30(22-32(41)36(19-20-39)23-25-11-6-4-7-12-25)44-35(24)28-21-27(37-18-10-15-31(37)40)16-17-29(28)38(34(35)42)26-13-8-5-9-14-26/h4-9,11-14,16-17,21,24,30,33,39,43H,10,15,18-20,22-23H2,1-3H3/t24-,30+,33-,35+/m1/s1. The average molecular weight is 628 g/mol. The second kappa shape index (κ2) is 12.2. The predicted molar refractivity (Wildman–Crippen MR) is 174 cm³/mol. The summed E-state index contributed by atoms with van der Waals surface area (Å²) in [6.45, 7) is 6.51. The van der Waals surface area contributed by atoms with Crippen LogP contribution in [-0.2, 0) is 31.3 Å². The minimum atomic E-state index is -3.02. The SMILES string of the molecule is C[C@@H]1[C@@H]([Si](C)(C)O)[C@H](CC(=O)N(CCO)Cc2ccccc2)O[C@@]12C(=O)N(c1ccccc1)c1ccc(N3CCCC3=O)cc12. The van der Waals surface area contributed by atoms with Gasteiger partial charge in [0.2, 0.25) is 11.8 Å². The Morgan fingerprint density at radius 2 is 1.71 bits per heavy atom. The number of aliphatic hydroxyl groups is 1. The number of hydrogen-bond acceptors (Lipinski definition) is 6. The third kappa shape index (κ3) is 5.50. The fourth-order valence-corrected chi connectivity index (χ4v) is 10.2. The minimum absolute atomic E-state index is 0.0428. The molecule has 2 saturated heterocycles. The summed E-state index contributed by atoms with van der Waals surface area (Å²) < 4.78 is 6.92. The predicted octanol–water partition coefficient (Wildman–Crippen LogP) is 4.70. The number of amides is 3. The van der Waals surface area contributed by atoms with Crippen molar-refractivity contribution in [3.05, 3.63) is 90.0 Å².